The molecule has 1 N–H and O–H groups in total. The molecule has 0 fully saturated rings. The average Bonchev–Trinajstić information content (AvgIpc) is 2.72. The van der Waals surface area contributed by atoms with Crippen LogP contribution in [0.5, 0.6) is 5.75 Å². The first-order chi connectivity index (χ1) is 14.3. The summed E-state index contributed by atoms with van der Waals surface area (Å²) >= 11 is 0. The fourth-order valence-electron chi connectivity index (χ4n) is 2.62. The highest BCUT2D eigenvalue weighted by atomic mass is 19.4. The Morgan fingerprint density at radius 2 is 1.53 bits per heavy atom. The summed E-state index contributed by atoms with van der Waals surface area (Å²) in [4.78, 5) is 21.7. The van der Waals surface area contributed by atoms with Gasteiger partial charge in [0.05, 0.1) is 13.0 Å². The Labute approximate surface area is 173 Å². The molecule has 0 aliphatic heterocycles. The lowest BCUT2D eigenvalue weighted by atomic mass is 10.1. The van der Waals surface area contributed by atoms with Crippen LogP contribution in [0.15, 0.2) is 54.6 Å². The Hall–Kier alpha value is -2.87. The molecular formula is C22H24F3NO4. The maximum atomic E-state index is 12.0. The maximum Gasteiger partial charge on any atom is 0.491 e. The molecule has 2 rings (SSSR count). The zero-order chi connectivity index (χ0) is 21.8. The van der Waals surface area contributed by atoms with Gasteiger partial charge < -0.3 is 14.8 Å². The number of carbonyl (C=O) groups is 2. The number of hydrogen-bond acceptors (Lipinski definition) is 5. The first-order valence-electron chi connectivity index (χ1n) is 9.63. The number of rotatable bonds is 11. The molecule has 2 aromatic rings. The van der Waals surface area contributed by atoms with Crippen molar-refractivity contribution in [3.8, 4) is 5.75 Å². The van der Waals surface area contributed by atoms with Crippen LogP contribution in [-0.2, 0) is 27.2 Å². The van der Waals surface area contributed by atoms with Gasteiger partial charge in [0.25, 0.3) is 0 Å². The lowest BCUT2D eigenvalue weighted by Gasteiger charge is -2.08. The summed E-state index contributed by atoms with van der Waals surface area (Å²) < 4.78 is 45.4. The van der Waals surface area contributed by atoms with E-state index in [1.54, 1.807) is 0 Å². The number of aryl methyl sites for hydroxylation is 1. The zero-order valence-electron chi connectivity index (χ0n) is 16.4. The van der Waals surface area contributed by atoms with E-state index in [-0.39, 0.29) is 13.0 Å². The highest BCUT2D eigenvalue weighted by Gasteiger charge is 2.42. The summed E-state index contributed by atoms with van der Waals surface area (Å²) in [5.41, 5.74) is 2.33. The van der Waals surface area contributed by atoms with Gasteiger partial charge in [-0.2, -0.15) is 13.2 Å². The van der Waals surface area contributed by atoms with Crippen LogP contribution in [-0.4, -0.2) is 37.8 Å². The molecule has 8 heteroatoms. The number of benzene rings is 2. The van der Waals surface area contributed by atoms with E-state index in [9.17, 15) is 22.8 Å². The molecule has 0 saturated carbocycles. The van der Waals surface area contributed by atoms with Gasteiger partial charge in [0.1, 0.15) is 5.75 Å². The highest BCUT2D eigenvalue weighted by molar-refractivity contribution is 5.88. The van der Waals surface area contributed by atoms with Crippen LogP contribution in [0.25, 0.3) is 0 Å². The number of nitrogens with one attached hydrogen (secondary N) is 1. The fraction of sp³-hybridized carbons (Fsp3) is 0.364. The molecule has 0 heterocycles. The Kier molecular flexibility index (Phi) is 9.34. The molecule has 0 radical (unpaired) electrons. The van der Waals surface area contributed by atoms with E-state index in [2.05, 4.69) is 22.2 Å². The average molecular weight is 423 g/mol. The quantitative estimate of drug-likeness (QED) is 0.338. The summed E-state index contributed by atoms with van der Waals surface area (Å²) in [6, 6.07) is 17.9. The predicted octanol–water partition coefficient (Wildman–Crippen LogP) is 3.85. The second-order valence-electron chi connectivity index (χ2n) is 6.59. The minimum absolute atomic E-state index is 0.118. The second-order valence-corrected chi connectivity index (χ2v) is 6.59. The molecule has 5 nitrogen and oxygen atoms in total. The Balaban J connectivity index is 1.56. The van der Waals surface area contributed by atoms with E-state index in [0.29, 0.717) is 19.6 Å². The highest BCUT2D eigenvalue weighted by Crippen LogP contribution is 2.16. The molecule has 30 heavy (non-hydrogen) atoms. The Morgan fingerprint density at radius 1 is 0.867 bits per heavy atom. The van der Waals surface area contributed by atoms with Gasteiger partial charge in [-0.3, -0.25) is 4.79 Å². The summed E-state index contributed by atoms with van der Waals surface area (Å²) in [5.74, 6) is -2.91. The van der Waals surface area contributed by atoms with E-state index in [4.69, 9.17) is 4.74 Å². The fourth-order valence-corrected chi connectivity index (χ4v) is 2.62. The number of ether oxygens (including phenoxy) is 2. The van der Waals surface area contributed by atoms with Crippen LogP contribution < -0.4 is 10.1 Å². The first kappa shape index (κ1) is 23.4. The smallest absolute Gasteiger partial charge is 0.491 e. The van der Waals surface area contributed by atoms with Gasteiger partial charge in [-0.25, -0.2) is 4.79 Å². The summed E-state index contributed by atoms with van der Waals surface area (Å²) in [6.45, 7) is 1.27. The molecule has 0 amide bonds. The van der Waals surface area contributed by atoms with Gasteiger partial charge in [-0.15, -0.1) is 0 Å². The number of esters is 2. The van der Waals surface area contributed by atoms with Crippen molar-refractivity contribution >= 4 is 11.9 Å². The summed E-state index contributed by atoms with van der Waals surface area (Å²) in [7, 11) is 0. The van der Waals surface area contributed by atoms with Gasteiger partial charge in [0, 0.05) is 6.54 Å². The number of hydrogen-bond donors (Lipinski definition) is 1. The molecular weight excluding hydrogens is 399 g/mol. The molecule has 0 aliphatic carbocycles. The van der Waals surface area contributed by atoms with Crippen LogP contribution in [0, 0.1) is 0 Å². The third-order valence-corrected chi connectivity index (χ3v) is 4.18. The standard InChI is InChI=1S/C22H24F3NO4/c23-22(24,25)21(28)30-20(27)13-15-26-14-12-18-8-10-19(11-9-18)29-16-4-7-17-5-2-1-3-6-17/h1-3,5-6,8-11,26H,4,7,12-16H2. The van der Waals surface area contributed by atoms with Crippen LogP contribution in [0.2, 0.25) is 0 Å². The van der Waals surface area contributed by atoms with E-state index in [1.807, 2.05) is 42.5 Å². The van der Waals surface area contributed by atoms with Crippen molar-refractivity contribution in [2.75, 3.05) is 19.7 Å². The Morgan fingerprint density at radius 3 is 2.20 bits per heavy atom. The van der Waals surface area contributed by atoms with Gasteiger partial charge in [-0.1, -0.05) is 42.5 Å². The summed E-state index contributed by atoms with van der Waals surface area (Å²) in [6.07, 6.45) is -2.93. The van der Waals surface area contributed by atoms with Crippen LogP contribution in [0.4, 0.5) is 13.2 Å². The van der Waals surface area contributed by atoms with Crippen molar-refractivity contribution in [1.29, 1.82) is 0 Å². The largest absolute Gasteiger partial charge is 0.494 e. The van der Waals surface area contributed by atoms with E-state index in [0.717, 1.165) is 24.2 Å². The maximum absolute atomic E-state index is 12.0. The molecule has 0 aliphatic rings. The predicted molar refractivity (Wildman–Crippen MR) is 105 cm³/mol. The van der Waals surface area contributed by atoms with Crippen molar-refractivity contribution in [2.24, 2.45) is 0 Å². The molecule has 0 saturated heterocycles. The number of carbonyl (C=O) groups excluding carboxylic acids is 2. The monoisotopic (exact) mass is 423 g/mol. The molecule has 0 spiro atoms. The van der Waals surface area contributed by atoms with Crippen LogP contribution in [0.3, 0.4) is 0 Å². The third-order valence-electron chi connectivity index (χ3n) is 4.18. The Bertz CT molecular complexity index is 792. The minimum atomic E-state index is -5.17. The lowest BCUT2D eigenvalue weighted by molar-refractivity contribution is -0.201. The molecule has 2 aromatic carbocycles. The van der Waals surface area contributed by atoms with Crippen molar-refractivity contribution < 1.29 is 32.2 Å². The van der Waals surface area contributed by atoms with Crippen LogP contribution >= 0.6 is 0 Å². The van der Waals surface area contributed by atoms with E-state index >= 15 is 0 Å². The lowest BCUT2D eigenvalue weighted by Crippen LogP contribution is -2.29. The van der Waals surface area contributed by atoms with Crippen molar-refractivity contribution in [3.63, 3.8) is 0 Å². The first-order valence-corrected chi connectivity index (χ1v) is 9.63. The SMILES string of the molecule is O=C(CCNCCc1ccc(OCCCc2ccccc2)cc1)OC(=O)C(F)(F)F. The van der Waals surface area contributed by atoms with Gasteiger partial charge in [0.15, 0.2) is 0 Å². The molecule has 0 unspecified atom stereocenters. The van der Waals surface area contributed by atoms with Crippen molar-refractivity contribution in [3.05, 3.63) is 65.7 Å². The van der Waals surface area contributed by atoms with E-state index < -0.39 is 18.1 Å². The van der Waals surface area contributed by atoms with Gasteiger partial charge >= 0.3 is 18.1 Å². The minimum Gasteiger partial charge on any atom is -0.494 e. The van der Waals surface area contributed by atoms with Gasteiger partial charge in [-0.05, 0) is 49.1 Å². The topological polar surface area (TPSA) is 64.6 Å². The third kappa shape index (κ3) is 9.09. The van der Waals surface area contributed by atoms with Gasteiger partial charge in [0.2, 0.25) is 0 Å². The van der Waals surface area contributed by atoms with Crippen molar-refractivity contribution in [1.82, 2.24) is 5.32 Å². The number of halogens is 3. The van der Waals surface area contributed by atoms with Crippen molar-refractivity contribution in [2.45, 2.75) is 31.9 Å². The second kappa shape index (κ2) is 12.0. The molecule has 0 atom stereocenters. The molecule has 0 bridgehead atoms. The zero-order valence-corrected chi connectivity index (χ0v) is 16.4. The van der Waals surface area contributed by atoms with E-state index in [1.165, 1.54) is 5.56 Å². The molecule has 0 aromatic heterocycles. The summed E-state index contributed by atoms with van der Waals surface area (Å²) in [5, 5.41) is 2.92. The normalized spacial score (nSPS) is 11.2. The number of alkyl halides is 3. The van der Waals surface area contributed by atoms with Crippen LogP contribution in [0.1, 0.15) is 24.0 Å². The molecule has 162 valence electrons.